The van der Waals surface area contributed by atoms with Gasteiger partial charge in [0.2, 0.25) is 0 Å². The number of halogens is 1. The van der Waals surface area contributed by atoms with Crippen molar-refractivity contribution in [3.63, 3.8) is 0 Å². The summed E-state index contributed by atoms with van der Waals surface area (Å²) in [6.45, 7) is 2.51. The molecule has 2 rings (SSSR count). The number of hydrogen-bond acceptors (Lipinski definition) is 2. The van der Waals surface area contributed by atoms with E-state index in [4.69, 9.17) is 0 Å². The van der Waals surface area contributed by atoms with Gasteiger partial charge < -0.3 is 10.4 Å². The van der Waals surface area contributed by atoms with Crippen LogP contribution in [0, 0.1) is 0 Å². The van der Waals surface area contributed by atoms with Crippen molar-refractivity contribution in [2.45, 2.75) is 31.2 Å². The zero-order valence-electron chi connectivity index (χ0n) is 9.74. The summed E-state index contributed by atoms with van der Waals surface area (Å²) in [5, 5.41) is 12.4. The van der Waals surface area contributed by atoms with Crippen LogP contribution in [-0.2, 0) is 4.79 Å². The zero-order chi connectivity index (χ0) is 12.5. The van der Waals surface area contributed by atoms with Crippen LogP contribution in [0.3, 0.4) is 0 Å². The number of rotatable bonds is 2. The van der Waals surface area contributed by atoms with Crippen molar-refractivity contribution >= 4 is 21.9 Å². The highest BCUT2D eigenvalue weighted by atomic mass is 79.9. The zero-order valence-corrected chi connectivity index (χ0v) is 11.3. The summed E-state index contributed by atoms with van der Waals surface area (Å²) in [6, 6.07) is 8.06. The normalized spacial score (nSPS) is 28.9. The van der Waals surface area contributed by atoms with Gasteiger partial charge in [-0.1, -0.05) is 34.1 Å². The van der Waals surface area contributed by atoms with E-state index in [9.17, 15) is 9.90 Å². The lowest BCUT2D eigenvalue weighted by atomic mass is 9.79. The Kier molecular flexibility index (Phi) is 3.54. The molecule has 0 aromatic heterocycles. The van der Waals surface area contributed by atoms with Crippen LogP contribution in [0.25, 0.3) is 0 Å². The molecule has 0 spiro atoms. The largest absolute Gasteiger partial charge is 0.480 e. The fourth-order valence-electron chi connectivity index (χ4n) is 2.42. The fraction of sp³-hybridized carbons (Fsp3) is 0.462. The monoisotopic (exact) mass is 297 g/mol. The van der Waals surface area contributed by atoms with E-state index in [1.54, 1.807) is 6.92 Å². The van der Waals surface area contributed by atoms with Crippen LogP contribution >= 0.6 is 15.9 Å². The minimum absolute atomic E-state index is 0.299. The molecule has 17 heavy (non-hydrogen) atoms. The molecule has 0 radical (unpaired) electrons. The summed E-state index contributed by atoms with van der Waals surface area (Å²) >= 11 is 3.54. The number of benzene rings is 1. The van der Waals surface area contributed by atoms with E-state index in [1.807, 2.05) is 18.2 Å². The van der Waals surface area contributed by atoms with E-state index < -0.39 is 11.5 Å². The van der Waals surface area contributed by atoms with Crippen molar-refractivity contribution in [2.24, 2.45) is 0 Å². The maximum atomic E-state index is 11.3. The van der Waals surface area contributed by atoms with E-state index in [-0.39, 0.29) is 0 Å². The van der Waals surface area contributed by atoms with Gasteiger partial charge >= 0.3 is 5.97 Å². The number of carboxylic acids is 1. The van der Waals surface area contributed by atoms with Gasteiger partial charge in [-0.3, -0.25) is 4.79 Å². The van der Waals surface area contributed by atoms with Crippen molar-refractivity contribution in [3.05, 3.63) is 34.3 Å². The summed E-state index contributed by atoms with van der Waals surface area (Å²) in [6.07, 6.45) is 1.61. The van der Waals surface area contributed by atoms with Gasteiger partial charge in [-0.05, 0) is 43.9 Å². The lowest BCUT2D eigenvalue weighted by molar-refractivity contribution is -0.145. The second-order valence-corrected chi connectivity index (χ2v) is 5.63. The number of aliphatic carboxylic acids is 1. The molecule has 1 aromatic rings. The van der Waals surface area contributed by atoms with Crippen molar-refractivity contribution in [1.82, 2.24) is 5.32 Å². The standard InChI is InChI=1S/C13H16BrNO2/c1-13(12(16)17)8-9(6-7-15-13)10-4-2-3-5-11(10)14/h2-5,9,15H,6-8H2,1H3,(H,16,17). The third kappa shape index (κ3) is 2.53. The topological polar surface area (TPSA) is 49.3 Å². The molecule has 1 saturated heterocycles. The van der Waals surface area contributed by atoms with Gasteiger partial charge in [-0.15, -0.1) is 0 Å². The van der Waals surface area contributed by atoms with Crippen LogP contribution in [0.1, 0.15) is 31.2 Å². The summed E-state index contributed by atoms with van der Waals surface area (Å²) in [5.74, 6) is -0.470. The minimum atomic E-state index is -0.807. The average Bonchev–Trinajstić information content (AvgIpc) is 2.29. The van der Waals surface area contributed by atoms with E-state index in [2.05, 4.69) is 27.3 Å². The molecule has 0 aliphatic carbocycles. The SMILES string of the molecule is CC1(C(=O)O)CC(c2ccccc2Br)CCN1. The van der Waals surface area contributed by atoms with Gasteiger partial charge in [-0.25, -0.2) is 0 Å². The van der Waals surface area contributed by atoms with Crippen LogP contribution in [0.2, 0.25) is 0 Å². The summed E-state index contributed by atoms with van der Waals surface area (Å²) in [4.78, 5) is 11.3. The molecule has 2 atom stereocenters. The molecule has 3 nitrogen and oxygen atoms in total. The first-order valence-electron chi connectivity index (χ1n) is 5.76. The lowest BCUT2D eigenvalue weighted by Crippen LogP contribution is -2.53. The molecule has 1 heterocycles. The third-order valence-corrected chi connectivity index (χ3v) is 4.20. The van der Waals surface area contributed by atoms with Gasteiger partial charge in [0.1, 0.15) is 5.54 Å². The predicted molar refractivity (Wildman–Crippen MR) is 70.2 cm³/mol. The maximum absolute atomic E-state index is 11.3. The fourth-order valence-corrected chi connectivity index (χ4v) is 3.03. The van der Waals surface area contributed by atoms with Gasteiger partial charge in [0.25, 0.3) is 0 Å². The Morgan fingerprint density at radius 2 is 2.24 bits per heavy atom. The van der Waals surface area contributed by atoms with Crippen molar-refractivity contribution < 1.29 is 9.90 Å². The van der Waals surface area contributed by atoms with Crippen molar-refractivity contribution in [1.29, 1.82) is 0 Å². The average molecular weight is 298 g/mol. The Hall–Kier alpha value is -0.870. The van der Waals surface area contributed by atoms with Gasteiger partial charge in [0.15, 0.2) is 0 Å². The van der Waals surface area contributed by atoms with Crippen molar-refractivity contribution in [2.75, 3.05) is 6.54 Å². The molecule has 0 bridgehead atoms. The summed E-state index contributed by atoms with van der Waals surface area (Å²) in [5.41, 5.74) is 0.402. The molecule has 2 unspecified atom stereocenters. The molecule has 2 N–H and O–H groups in total. The molecule has 1 aliphatic heterocycles. The number of nitrogens with one attached hydrogen (secondary N) is 1. The summed E-state index contributed by atoms with van der Waals surface area (Å²) < 4.78 is 1.07. The number of carbonyl (C=O) groups is 1. The molecular weight excluding hydrogens is 282 g/mol. The van der Waals surface area contributed by atoms with Gasteiger partial charge in [0.05, 0.1) is 0 Å². The molecule has 1 aliphatic rings. The van der Waals surface area contributed by atoms with E-state index >= 15 is 0 Å². The Balaban J connectivity index is 2.24. The van der Waals surface area contributed by atoms with Gasteiger partial charge in [0, 0.05) is 4.47 Å². The highest BCUT2D eigenvalue weighted by molar-refractivity contribution is 9.10. The second kappa shape index (κ2) is 4.78. The second-order valence-electron chi connectivity index (χ2n) is 4.78. The van der Waals surface area contributed by atoms with E-state index in [1.165, 1.54) is 5.56 Å². The van der Waals surface area contributed by atoms with Crippen LogP contribution in [0.4, 0.5) is 0 Å². The Labute approximate surface area is 109 Å². The van der Waals surface area contributed by atoms with Crippen LogP contribution in [0.5, 0.6) is 0 Å². The van der Waals surface area contributed by atoms with Crippen LogP contribution in [-0.4, -0.2) is 23.2 Å². The number of hydrogen-bond donors (Lipinski definition) is 2. The first-order valence-corrected chi connectivity index (χ1v) is 6.55. The third-order valence-electron chi connectivity index (χ3n) is 3.48. The van der Waals surface area contributed by atoms with Gasteiger partial charge in [-0.2, -0.15) is 0 Å². The molecule has 1 aromatic carbocycles. The Bertz CT molecular complexity index is 435. The molecule has 1 fully saturated rings. The van der Waals surface area contributed by atoms with E-state index in [0.717, 1.165) is 17.4 Å². The predicted octanol–water partition coefficient (Wildman–Crippen LogP) is 2.76. The van der Waals surface area contributed by atoms with Crippen LogP contribution in [0.15, 0.2) is 28.7 Å². The van der Waals surface area contributed by atoms with Crippen LogP contribution < -0.4 is 5.32 Å². The number of piperidine rings is 1. The first-order chi connectivity index (χ1) is 8.03. The van der Waals surface area contributed by atoms with E-state index in [0.29, 0.717) is 12.3 Å². The number of carboxylic acid groups (broad SMARTS) is 1. The maximum Gasteiger partial charge on any atom is 0.323 e. The highest BCUT2D eigenvalue weighted by Crippen LogP contribution is 2.36. The van der Waals surface area contributed by atoms with Crippen molar-refractivity contribution in [3.8, 4) is 0 Å². The molecule has 4 heteroatoms. The molecule has 92 valence electrons. The Morgan fingerprint density at radius 3 is 2.88 bits per heavy atom. The quantitative estimate of drug-likeness (QED) is 0.882. The Morgan fingerprint density at radius 1 is 1.53 bits per heavy atom. The lowest BCUT2D eigenvalue weighted by Gasteiger charge is -2.36. The molecule has 0 saturated carbocycles. The highest BCUT2D eigenvalue weighted by Gasteiger charge is 2.39. The smallest absolute Gasteiger partial charge is 0.323 e. The molecule has 0 amide bonds. The summed E-state index contributed by atoms with van der Waals surface area (Å²) in [7, 11) is 0. The first kappa shape index (κ1) is 12.6. The minimum Gasteiger partial charge on any atom is -0.480 e. The molecular formula is C13H16BrNO2.